The van der Waals surface area contributed by atoms with Crippen LogP contribution in [0.4, 0.5) is 10.6 Å². The highest BCUT2D eigenvalue weighted by molar-refractivity contribution is 6.33. The van der Waals surface area contributed by atoms with Crippen LogP contribution in [0.5, 0.6) is 0 Å². The van der Waals surface area contributed by atoms with E-state index in [9.17, 15) is 4.79 Å². The fourth-order valence-electron chi connectivity index (χ4n) is 3.28. The van der Waals surface area contributed by atoms with Gasteiger partial charge in [0, 0.05) is 44.9 Å². The largest absolute Gasteiger partial charge is 0.444 e. The van der Waals surface area contributed by atoms with Gasteiger partial charge in [0.2, 0.25) is 0 Å². The first-order valence-corrected chi connectivity index (χ1v) is 9.70. The van der Waals surface area contributed by atoms with Crippen LogP contribution in [-0.4, -0.2) is 61.0 Å². The molecule has 0 atom stereocenters. The van der Waals surface area contributed by atoms with Gasteiger partial charge in [-0.1, -0.05) is 11.6 Å². The molecule has 0 saturated carbocycles. The maximum absolute atomic E-state index is 12.4. The van der Waals surface area contributed by atoms with Crippen LogP contribution in [0.2, 0.25) is 5.02 Å². The molecule has 144 valence electrons. The smallest absolute Gasteiger partial charge is 0.410 e. The van der Waals surface area contributed by atoms with Crippen molar-refractivity contribution >= 4 is 23.5 Å². The van der Waals surface area contributed by atoms with Crippen LogP contribution in [0.15, 0.2) is 6.07 Å². The molecule has 7 heteroatoms. The molecule has 1 amide bonds. The normalized spacial score (nSPS) is 18.8. The van der Waals surface area contributed by atoms with E-state index >= 15 is 0 Å². The van der Waals surface area contributed by atoms with Crippen LogP contribution in [-0.2, 0) is 22.3 Å². The minimum atomic E-state index is -0.486. The quantitative estimate of drug-likeness (QED) is 0.747. The summed E-state index contributed by atoms with van der Waals surface area (Å²) in [7, 11) is 0. The number of hydrogen-bond acceptors (Lipinski definition) is 5. The van der Waals surface area contributed by atoms with Crippen molar-refractivity contribution < 1.29 is 14.3 Å². The van der Waals surface area contributed by atoms with Crippen LogP contribution in [0.3, 0.4) is 0 Å². The van der Waals surface area contributed by atoms with E-state index in [4.69, 9.17) is 26.1 Å². The summed E-state index contributed by atoms with van der Waals surface area (Å²) in [5.41, 5.74) is 1.66. The van der Waals surface area contributed by atoms with Gasteiger partial charge in [0.15, 0.2) is 0 Å². The van der Waals surface area contributed by atoms with Gasteiger partial charge < -0.3 is 19.3 Å². The Kier molecular flexibility index (Phi) is 5.92. The summed E-state index contributed by atoms with van der Waals surface area (Å²) in [4.78, 5) is 21.2. The lowest BCUT2D eigenvalue weighted by atomic mass is 10.1. The lowest BCUT2D eigenvalue weighted by Gasteiger charge is -2.26. The van der Waals surface area contributed by atoms with Gasteiger partial charge in [-0.3, -0.25) is 0 Å². The van der Waals surface area contributed by atoms with Gasteiger partial charge in [-0.2, -0.15) is 0 Å². The summed E-state index contributed by atoms with van der Waals surface area (Å²) in [5, 5.41) is 0.677. The molecular weight excluding hydrogens is 354 g/mol. The molecule has 1 aromatic heterocycles. The molecule has 3 rings (SSSR count). The third-order valence-electron chi connectivity index (χ3n) is 4.57. The number of pyridine rings is 1. The Morgan fingerprint density at radius 3 is 2.73 bits per heavy atom. The van der Waals surface area contributed by atoms with Gasteiger partial charge in [0.25, 0.3) is 0 Å². The van der Waals surface area contributed by atoms with Crippen LogP contribution in [0, 0.1) is 0 Å². The second kappa shape index (κ2) is 8.01. The minimum absolute atomic E-state index is 0.263. The molecule has 0 N–H and O–H groups in total. The number of amides is 1. The third-order valence-corrected chi connectivity index (χ3v) is 4.85. The number of hydrogen-bond donors (Lipinski definition) is 0. The summed E-state index contributed by atoms with van der Waals surface area (Å²) >= 11 is 6.54. The number of rotatable bonds is 1. The molecule has 1 aromatic rings. The summed E-state index contributed by atoms with van der Waals surface area (Å²) in [6.45, 7) is 10.1. The van der Waals surface area contributed by atoms with Crippen molar-refractivity contribution in [2.24, 2.45) is 0 Å². The number of anilines is 1. The predicted molar refractivity (Wildman–Crippen MR) is 102 cm³/mol. The van der Waals surface area contributed by atoms with Crippen molar-refractivity contribution in [2.75, 3.05) is 44.3 Å². The standard InChI is InChI=1S/C19H28ClN3O3/c1-19(2,3)26-18(24)23-8-5-14-13-15(20)17(21-16(14)6-9-23)22-7-4-11-25-12-10-22/h13H,4-12H2,1-3H3. The van der Waals surface area contributed by atoms with E-state index < -0.39 is 5.60 Å². The first-order chi connectivity index (χ1) is 12.3. The highest BCUT2D eigenvalue weighted by Crippen LogP contribution is 2.29. The Hall–Kier alpha value is -1.53. The molecule has 0 aliphatic carbocycles. The van der Waals surface area contributed by atoms with Crippen molar-refractivity contribution in [3.63, 3.8) is 0 Å². The van der Waals surface area contributed by atoms with Crippen LogP contribution in [0.25, 0.3) is 0 Å². The number of nitrogens with zero attached hydrogens (tertiary/aromatic N) is 3. The first-order valence-electron chi connectivity index (χ1n) is 9.32. The van der Waals surface area contributed by atoms with Gasteiger partial charge >= 0.3 is 6.09 Å². The molecule has 0 spiro atoms. The van der Waals surface area contributed by atoms with E-state index in [-0.39, 0.29) is 6.09 Å². The van der Waals surface area contributed by atoms with E-state index in [2.05, 4.69) is 4.90 Å². The zero-order chi connectivity index (χ0) is 18.7. The molecule has 6 nitrogen and oxygen atoms in total. The van der Waals surface area contributed by atoms with Gasteiger partial charge in [-0.05, 0) is 45.2 Å². The maximum Gasteiger partial charge on any atom is 0.410 e. The Labute approximate surface area is 160 Å². The fraction of sp³-hybridized carbons (Fsp3) is 0.684. The van der Waals surface area contributed by atoms with Crippen molar-refractivity contribution in [1.82, 2.24) is 9.88 Å². The SMILES string of the molecule is CC(C)(C)OC(=O)N1CCc2cc(Cl)c(N3CCCOCC3)nc2CC1. The molecule has 1 fully saturated rings. The van der Waals surface area contributed by atoms with Crippen molar-refractivity contribution in [2.45, 2.75) is 45.6 Å². The molecular formula is C19H28ClN3O3. The number of carbonyl (C=O) groups excluding carboxylic acids is 1. The predicted octanol–water partition coefficient (Wildman–Crippen LogP) is 3.30. The van der Waals surface area contributed by atoms with Crippen LogP contribution < -0.4 is 4.90 Å². The number of fused-ring (bicyclic) bond motifs is 1. The molecule has 26 heavy (non-hydrogen) atoms. The van der Waals surface area contributed by atoms with Crippen LogP contribution >= 0.6 is 11.6 Å². The topological polar surface area (TPSA) is 54.9 Å². The summed E-state index contributed by atoms with van der Waals surface area (Å²) in [6.07, 6.45) is 2.16. The minimum Gasteiger partial charge on any atom is -0.444 e. The Bertz CT molecular complexity index is 652. The first kappa shape index (κ1) is 19.2. The Morgan fingerprint density at radius 1 is 1.19 bits per heavy atom. The summed E-state index contributed by atoms with van der Waals surface area (Å²) in [5.74, 6) is 0.835. The molecule has 0 unspecified atom stereocenters. The average molecular weight is 382 g/mol. The second-order valence-electron chi connectivity index (χ2n) is 7.82. The number of halogens is 1. The summed E-state index contributed by atoms with van der Waals surface area (Å²) in [6, 6.07) is 2.02. The van der Waals surface area contributed by atoms with Gasteiger partial charge in [0.05, 0.1) is 11.6 Å². The molecule has 1 saturated heterocycles. The lowest BCUT2D eigenvalue weighted by Crippen LogP contribution is -2.38. The van der Waals surface area contributed by atoms with Gasteiger partial charge in [0.1, 0.15) is 11.4 Å². The van der Waals surface area contributed by atoms with Crippen molar-refractivity contribution in [3.05, 3.63) is 22.3 Å². The second-order valence-corrected chi connectivity index (χ2v) is 8.23. The maximum atomic E-state index is 12.4. The van der Waals surface area contributed by atoms with Crippen molar-refractivity contribution in [1.29, 1.82) is 0 Å². The third kappa shape index (κ3) is 4.80. The monoisotopic (exact) mass is 381 g/mol. The molecule has 2 aliphatic heterocycles. The van der Waals surface area contributed by atoms with E-state index in [1.807, 2.05) is 26.8 Å². The summed E-state index contributed by atoms with van der Waals surface area (Å²) < 4.78 is 11.0. The Morgan fingerprint density at radius 2 is 1.96 bits per heavy atom. The van der Waals surface area contributed by atoms with Crippen LogP contribution in [0.1, 0.15) is 38.4 Å². The number of carbonyl (C=O) groups is 1. The number of aromatic nitrogens is 1. The number of ether oxygens (including phenoxy) is 2. The van der Waals surface area contributed by atoms with Gasteiger partial charge in [-0.25, -0.2) is 9.78 Å². The molecule has 0 aromatic carbocycles. The van der Waals surface area contributed by atoms with E-state index in [1.165, 1.54) is 0 Å². The molecule has 0 radical (unpaired) electrons. The highest BCUT2D eigenvalue weighted by Gasteiger charge is 2.26. The molecule has 0 bridgehead atoms. The highest BCUT2D eigenvalue weighted by atomic mass is 35.5. The Balaban J connectivity index is 1.74. The van der Waals surface area contributed by atoms with Crippen molar-refractivity contribution in [3.8, 4) is 0 Å². The van der Waals surface area contributed by atoms with Gasteiger partial charge in [-0.15, -0.1) is 0 Å². The zero-order valence-corrected chi connectivity index (χ0v) is 16.6. The average Bonchev–Trinajstić information content (AvgIpc) is 2.93. The zero-order valence-electron chi connectivity index (χ0n) is 15.9. The lowest BCUT2D eigenvalue weighted by molar-refractivity contribution is 0.0258. The fourth-order valence-corrected chi connectivity index (χ4v) is 3.58. The molecule has 3 heterocycles. The molecule has 2 aliphatic rings. The van der Waals surface area contributed by atoms with E-state index in [0.29, 0.717) is 31.1 Å². The van der Waals surface area contributed by atoms with E-state index in [1.54, 1.807) is 4.90 Å². The van der Waals surface area contributed by atoms with E-state index in [0.717, 1.165) is 49.6 Å².